The first-order valence-electron chi connectivity index (χ1n) is 9.75. The van der Waals surface area contributed by atoms with E-state index in [0.717, 1.165) is 37.8 Å². The molecule has 0 saturated heterocycles. The van der Waals surface area contributed by atoms with Crippen LogP contribution in [-0.2, 0) is 11.2 Å². The van der Waals surface area contributed by atoms with E-state index in [1.165, 1.54) is 49.7 Å². The van der Waals surface area contributed by atoms with Crippen LogP contribution < -0.4 is 5.43 Å². The number of carbonyl (C=O) groups is 1. The standard InChI is InChI=1S/C21H32N2O/c1-2-3-4-5-6-7-8-9-17-21(24)23-22-20-16-12-14-18-13-10-11-15-19(18)20/h10-11,13,15H,2-9,12,14,16-17H2,1H3,(H,23,24)/b22-20-. The summed E-state index contributed by atoms with van der Waals surface area (Å²) in [5.41, 5.74) is 6.34. The number of hydrogen-bond donors (Lipinski definition) is 1. The van der Waals surface area contributed by atoms with Gasteiger partial charge in [-0.2, -0.15) is 5.10 Å². The normalized spacial score (nSPS) is 15.3. The molecule has 132 valence electrons. The Bertz CT molecular complexity index is 536. The zero-order valence-electron chi connectivity index (χ0n) is 15.2. The molecule has 0 unspecified atom stereocenters. The second-order valence-corrected chi connectivity index (χ2v) is 6.83. The number of aryl methyl sites for hydroxylation is 1. The number of nitrogens with one attached hydrogen (secondary N) is 1. The number of rotatable bonds is 10. The highest BCUT2D eigenvalue weighted by Gasteiger charge is 2.14. The van der Waals surface area contributed by atoms with Gasteiger partial charge in [-0.05, 0) is 31.2 Å². The highest BCUT2D eigenvalue weighted by Crippen LogP contribution is 2.21. The summed E-state index contributed by atoms with van der Waals surface area (Å²) in [6.45, 7) is 2.24. The van der Waals surface area contributed by atoms with Crippen LogP contribution in [0.1, 0.15) is 88.7 Å². The Morgan fingerprint density at radius 3 is 2.50 bits per heavy atom. The maximum atomic E-state index is 12.0. The molecular weight excluding hydrogens is 296 g/mol. The van der Waals surface area contributed by atoms with Crippen molar-refractivity contribution in [2.75, 3.05) is 0 Å². The van der Waals surface area contributed by atoms with Gasteiger partial charge in [0.2, 0.25) is 5.91 Å². The van der Waals surface area contributed by atoms with Crippen molar-refractivity contribution in [3.63, 3.8) is 0 Å². The molecule has 0 fully saturated rings. The van der Waals surface area contributed by atoms with Crippen LogP contribution in [0, 0.1) is 0 Å². The van der Waals surface area contributed by atoms with Crippen LogP contribution in [0.4, 0.5) is 0 Å². The van der Waals surface area contributed by atoms with Crippen molar-refractivity contribution in [3.8, 4) is 0 Å². The Morgan fingerprint density at radius 1 is 1.00 bits per heavy atom. The van der Waals surface area contributed by atoms with Gasteiger partial charge in [0.05, 0.1) is 5.71 Å². The summed E-state index contributed by atoms with van der Waals surface area (Å²) in [7, 11) is 0. The minimum absolute atomic E-state index is 0.0523. The number of nitrogens with zero attached hydrogens (tertiary/aromatic N) is 1. The van der Waals surface area contributed by atoms with Crippen LogP contribution in [0.5, 0.6) is 0 Å². The number of unbranched alkanes of at least 4 members (excludes halogenated alkanes) is 7. The van der Waals surface area contributed by atoms with Gasteiger partial charge in [-0.1, -0.05) is 76.1 Å². The van der Waals surface area contributed by atoms with E-state index >= 15 is 0 Å². The van der Waals surface area contributed by atoms with E-state index in [4.69, 9.17) is 0 Å². The number of amides is 1. The first-order chi connectivity index (χ1) is 11.8. The largest absolute Gasteiger partial charge is 0.273 e. The molecule has 3 heteroatoms. The van der Waals surface area contributed by atoms with Crippen molar-refractivity contribution in [1.82, 2.24) is 5.43 Å². The summed E-state index contributed by atoms with van der Waals surface area (Å²) in [6, 6.07) is 8.38. The molecule has 1 N–H and O–H groups in total. The second kappa shape index (κ2) is 11.0. The second-order valence-electron chi connectivity index (χ2n) is 6.83. The molecule has 0 radical (unpaired) electrons. The van der Waals surface area contributed by atoms with E-state index in [9.17, 15) is 4.79 Å². The maximum Gasteiger partial charge on any atom is 0.240 e. The Kier molecular flexibility index (Phi) is 8.58. The molecule has 0 bridgehead atoms. The predicted molar refractivity (Wildman–Crippen MR) is 101 cm³/mol. The van der Waals surface area contributed by atoms with Crippen molar-refractivity contribution in [3.05, 3.63) is 35.4 Å². The Morgan fingerprint density at radius 2 is 1.71 bits per heavy atom. The van der Waals surface area contributed by atoms with Gasteiger partial charge in [0.1, 0.15) is 0 Å². The van der Waals surface area contributed by atoms with Gasteiger partial charge in [0.15, 0.2) is 0 Å². The molecule has 2 rings (SSSR count). The van der Waals surface area contributed by atoms with Crippen molar-refractivity contribution >= 4 is 11.6 Å². The van der Waals surface area contributed by atoms with E-state index in [0.29, 0.717) is 6.42 Å². The monoisotopic (exact) mass is 328 g/mol. The van der Waals surface area contributed by atoms with Gasteiger partial charge < -0.3 is 0 Å². The van der Waals surface area contributed by atoms with Gasteiger partial charge in [0.25, 0.3) is 0 Å². The van der Waals surface area contributed by atoms with Crippen LogP contribution in [-0.4, -0.2) is 11.6 Å². The van der Waals surface area contributed by atoms with Gasteiger partial charge in [-0.25, -0.2) is 5.43 Å². The van der Waals surface area contributed by atoms with Crippen molar-refractivity contribution < 1.29 is 4.79 Å². The average molecular weight is 328 g/mol. The summed E-state index contributed by atoms with van der Waals surface area (Å²) in [5, 5.41) is 4.39. The fourth-order valence-corrected chi connectivity index (χ4v) is 3.32. The van der Waals surface area contributed by atoms with Gasteiger partial charge in [-0.15, -0.1) is 0 Å². The van der Waals surface area contributed by atoms with E-state index in [-0.39, 0.29) is 5.91 Å². The molecule has 0 spiro atoms. The zero-order valence-corrected chi connectivity index (χ0v) is 15.2. The third-order valence-corrected chi connectivity index (χ3v) is 4.76. The van der Waals surface area contributed by atoms with Crippen LogP contribution in [0.2, 0.25) is 0 Å². The summed E-state index contributed by atoms with van der Waals surface area (Å²) in [4.78, 5) is 12.0. The molecule has 24 heavy (non-hydrogen) atoms. The topological polar surface area (TPSA) is 41.5 Å². The summed E-state index contributed by atoms with van der Waals surface area (Å²) >= 11 is 0. The molecule has 1 aromatic carbocycles. The van der Waals surface area contributed by atoms with Gasteiger partial charge >= 0.3 is 0 Å². The lowest BCUT2D eigenvalue weighted by Gasteiger charge is -2.17. The molecule has 1 aliphatic carbocycles. The number of benzene rings is 1. The summed E-state index contributed by atoms with van der Waals surface area (Å²) in [5.74, 6) is 0.0523. The van der Waals surface area contributed by atoms with Crippen molar-refractivity contribution in [1.29, 1.82) is 0 Å². The van der Waals surface area contributed by atoms with Crippen LogP contribution >= 0.6 is 0 Å². The average Bonchev–Trinajstić information content (AvgIpc) is 2.62. The highest BCUT2D eigenvalue weighted by atomic mass is 16.2. The smallest absolute Gasteiger partial charge is 0.240 e. The maximum absolute atomic E-state index is 12.0. The van der Waals surface area contributed by atoms with Crippen LogP contribution in [0.15, 0.2) is 29.4 Å². The first kappa shape index (κ1) is 18.7. The molecular formula is C21H32N2O. The Balaban J connectivity index is 1.63. The molecule has 3 nitrogen and oxygen atoms in total. The lowest BCUT2D eigenvalue weighted by molar-refractivity contribution is -0.121. The summed E-state index contributed by atoms with van der Waals surface area (Å²) < 4.78 is 0. The van der Waals surface area contributed by atoms with Gasteiger partial charge in [0, 0.05) is 12.0 Å². The Labute approximate surface area is 146 Å². The first-order valence-corrected chi connectivity index (χ1v) is 9.75. The molecule has 1 aromatic rings. The Hall–Kier alpha value is -1.64. The predicted octanol–water partition coefficient (Wildman–Crippen LogP) is 5.37. The lowest BCUT2D eigenvalue weighted by Crippen LogP contribution is -2.21. The lowest BCUT2D eigenvalue weighted by atomic mass is 9.90. The van der Waals surface area contributed by atoms with Crippen LogP contribution in [0.25, 0.3) is 0 Å². The zero-order chi connectivity index (χ0) is 17.0. The van der Waals surface area contributed by atoms with E-state index in [1.807, 2.05) is 6.07 Å². The quantitative estimate of drug-likeness (QED) is 0.455. The van der Waals surface area contributed by atoms with Crippen molar-refractivity contribution in [2.24, 2.45) is 5.10 Å². The van der Waals surface area contributed by atoms with Gasteiger partial charge in [-0.3, -0.25) is 4.79 Å². The number of hydrogen-bond acceptors (Lipinski definition) is 2. The number of fused-ring (bicyclic) bond motifs is 1. The van der Waals surface area contributed by atoms with E-state index in [1.54, 1.807) is 0 Å². The molecule has 0 aliphatic heterocycles. The molecule has 0 saturated carbocycles. The molecule has 1 amide bonds. The summed E-state index contributed by atoms with van der Waals surface area (Å²) in [6.07, 6.45) is 13.8. The molecule has 0 heterocycles. The fraction of sp³-hybridized carbons (Fsp3) is 0.619. The SMILES string of the molecule is CCCCCCCCCCC(=O)N/N=C1/CCCc2ccccc21. The molecule has 1 aliphatic rings. The fourth-order valence-electron chi connectivity index (χ4n) is 3.32. The minimum atomic E-state index is 0.0523. The molecule has 0 aromatic heterocycles. The van der Waals surface area contributed by atoms with E-state index < -0.39 is 0 Å². The third-order valence-electron chi connectivity index (χ3n) is 4.76. The third kappa shape index (κ3) is 6.46. The minimum Gasteiger partial charge on any atom is -0.273 e. The van der Waals surface area contributed by atoms with Crippen LogP contribution in [0.3, 0.4) is 0 Å². The van der Waals surface area contributed by atoms with Crippen molar-refractivity contribution in [2.45, 2.75) is 84.0 Å². The number of carbonyl (C=O) groups excluding carboxylic acids is 1. The molecule has 0 atom stereocenters. The van der Waals surface area contributed by atoms with E-state index in [2.05, 4.69) is 35.7 Å². The number of hydrazone groups is 1. The highest BCUT2D eigenvalue weighted by molar-refractivity contribution is 6.03.